The molecule has 1 aromatic heterocycles. The number of nitrogens with zero attached hydrogens (tertiary/aromatic N) is 2. The molecule has 0 radical (unpaired) electrons. The van der Waals surface area contributed by atoms with Crippen molar-refractivity contribution >= 4 is 5.97 Å². The number of carbonyl (C=O) groups is 1. The van der Waals surface area contributed by atoms with Gasteiger partial charge in [-0.2, -0.15) is 5.10 Å². The van der Waals surface area contributed by atoms with Crippen LogP contribution in [0.4, 0.5) is 0 Å². The SMILES string of the molecule is COc1ccc(-c2[nH]ncc2CNC2CC(N(CC(=O)O)CC3CC3)C2)cc1. The van der Waals surface area contributed by atoms with E-state index in [0.29, 0.717) is 18.0 Å². The number of ether oxygens (including phenoxy) is 1. The van der Waals surface area contributed by atoms with E-state index in [0.717, 1.165) is 48.5 Å². The molecule has 0 amide bonds. The van der Waals surface area contributed by atoms with Gasteiger partial charge in [0.1, 0.15) is 5.75 Å². The van der Waals surface area contributed by atoms with Crippen LogP contribution in [0.1, 0.15) is 31.2 Å². The van der Waals surface area contributed by atoms with Gasteiger partial charge in [-0.05, 0) is 55.9 Å². The van der Waals surface area contributed by atoms with E-state index in [1.807, 2.05) is 30.5 Å². The van der Waals surface area contributed by atoms with E-state index in [9.17, 15) is 9.90 Å². The summed E-state index contributed by atoms with van der Waals surface area (Å²) in [5.74, 6) is 0.824. The Bertz CT molecular complexity index is 794. The van der Waals surface area contributed by atoms with E-state index in [-0.39, 0.29) is 6.54 Å². The van der Waals surface area contributed by atoms with E-state index < -0.39 is 5.97 Å². The molecule has 0 atom stereocenters. The van der Waals surface area contributed by atoms with Crippen LogP contribution in [0, 0.1) is 5.92 Å². The number of aromatic nitrogens is 2. The Morgan fingerprint density at radius 3 is 2.71 bits per heavy atom. The first-order valence-electron chi connectivity index (χ1n) is 9.98. The minimum absolute atomic E-state index is 0.164. The lowest BCUT2D eigenvalue weighted by molar-refractivity contribution is -0.139. The number of hydrogen-bond donors (Lipinski definition) is 3. The molecule has 0 aliphatic heterocycles. The summed E-state index contributed by atoms with van der Waals surface area (Å²) in [5, 5.41) is 20.1. The van der Waals surface area contributed by atoms with Gasteiger partial charge >= 0.3 is 5.97 Å². The maximum atomic E-state index is 11.2. The van der Waals surface area contributed by atoms with Gasteiger partial charge in [0, 0.05) is 36.3 Å². The van der Waals surface area contributed by atoms with Crippen molar-refractivity contribution in [1.29, 1.82) is 0 Å². The molecule has 28 heavy (non-hydrogen) atoms. The second-order valence-corrected chi connectivity index (χ2v) is 7.97. The minimum Gasteiger partial charge on any atom is -0.497 e. The van der Waals surface area contributed by atoms with Crippen LogP contribution < -0.4 is 10.1 Å². The molecule has 0 spiro atoms. The molecule has 7 nitrogen and oxygen atoms in total. The third-order valence-electron chi connectivity index (χ3n) is 5.84. The molecule has 0 bridgehead atoms. The van der Waals surface area contributed by atoms with Crippen molar-refractivity contribution < 1.29 is 14.6 Å². The Hall–Kier alpha value is -2.38. The van der Waals surface area contributed by atoms with Crippen LogP contribution in [-0.2, 0) is 11.3 Å². The Labute approximate surface area is 165 Å². The Morgan fingerprint density at radius 2 is 2.07 bits per heavy atom. The van der Waals surface area contributed by atoms with Crippen LogP contribution in [0.5, 0.6) is 5.75 Å². The number of carboxylic acids is 1. The predicted molar refractivity (Wildman–Crippen MR) is 106 cm³/mol. The molecule has 2 aliphatic carbocycles. The highest BCUT2D eigenvalue weighted by Gasteiger charge is 2.36. The lowest BCUT2D eigenvalue weighted by Gasteiger charge is -2.43. The zero-order valence-corrected chi connectivity index (χ0v) is 16.2. The van der Waals surface area contributed by atoms with Crippen molar-refractivity contribution in [2.45, 2.75) is 44.3 Å². The molecule has 0 saturated heterocycles. The van der Waals surface area contributed by atoms with Gasteiger partial charge in [0.05, 0.1) is 25.5 Å². The van der Waals surface area contributed by atoms with Gasteiger partial charge in [-0.1, -0.05) is 0 Å². The molecule has 2 saturated carbocycles. The fourth-order valence-corrected chi connectivity index (χ4v) is 3.91. The number of aromatic amines is 1. The van der Waals surface area contributed by atoms with Crippen molar-refractivity contribution in [3.8, 4) is 17.0 Å². The molecular formula is C21H28N4O3. The van der Waals surface area contributed by atoms with Crippen molar-refractivity contribution in [3.63, 3.8) is 0 Å². The fraction of sp³-hybridized carbons (Fsp3) is 0.524. The molecule has 7 heteroatoms. The van der Waals surface area contributed by atoms with Crippen LogP contribution in [-0.4, -0.2) is 58.5 Å². The third kappa shape index (κ3) is 4.54. The van der Waals surface area contributed by atoms with Crippen LogP contribution >= 0.6 is 0 Å². The number of rotatable bonds is 10. The van der Waals surface area contributed by atoms with Gasteiger partial charge in [-0.25, -0.2) is 0 Å². The summed E-state index contributed by atoms with van der Waals surface area (Å²) in [4.78, 5) is 13.3. The minimum atomic E-state index is -0.723. The summed E-state index contributed by atoms with van der Waals surface area (Å²) >= 11 is 0. The summed E-state index contributed by atoms with van der Waals surface area (Å²) in [6.45, 7) is 1.85. The second-order valence-electron chi connectivity index (χ2n) is 7.97. The predicted octanol–water partition coefficient (Wildman–Crippen LogP) is 2.50. The number of hydrogen-bond acceptors (Lipinski definition) is 5. The fourth-order valence-electron chi connectivity index (χ4n) is 3.91. The van der Waals surface area contributed by atoms with E-state index in [2.05, 4.69) is 20.4 Å². The quantitative estimate of drug-likeness (QED) is 0.583. The molecular weight excluding hydrogens is 356 g/mol. The normalized spacial score (nSPS) is 21.5. The highest BCUT2D eigenvalue weighted by molar-refractivity contribution is 5.69. The standard InChI is InChI=1S/C21H28N4O3/c1-28-19-6-4-15(5-7-19)21-16(11-23-24-21)10-22-17-8-18(9-17)25(13-20(26)27)12-14-2-3-14/h4-7,11,14,17-18,22H,2-3,8-10,12-13H2,1H3,(H,23,24)(H,26,27). The first-order chi connectivity index (χ1) is 13.6. The summed E-state index contributed by atoms with van der Waals surface area (Å²) in [6.07, 6.45) is 6.39. The summed E-state index contributed by atoms with van der Waals surface area (Å²) < 4.78 is 5.22. The number of benzene rings is 1. The van der Waals surface area contributed by atoms with Crippen LogP contribution in [0.25, 0.3) is 11.3 Å². The zero-order chi connectivity index (χ0) is 19.5. The molecule has 0 unspecified atom stereocenters. The maximum Gasteiger partial charge on any atom is 0.317 e. The molecule has 150 valence electrons. The van der Waals surface area contributed by atoms with Crippen LogP contribution in [0.3, 0.4) is 0 Å². The number of nitrogens with one attached hydrogen (secondary N) is 2. The Balaban J connectivity index is 1.29. The molecule has 1 heterocycles. The number of aliphatic carboxylic acids is 1. The van der Waals surface area contributed by atoms with E-state index in [1.54, 1.807) is 7.11 Å². The summed E-state index contributed by atoms with van der Waals surface area (Å²) in [6, 6.07) is 8.76. The van der Waals surface area contributed by atoms with Crippen molar-refractivity contribution in [2.24, 2.45) is 5.92 Å². The summed E-state index contributed by atoms with van der Waals surface area (Å²) in [7, 11) is 1.66. The monoisotopic (exact) mass is 384 g/mol. The number of carboxylic acid groups (broad SMARTS) is 1. The summed E-state index contributed by atoms with van der Waals surface area (Å²) in [5.41, 5.74) is 3.24. The van der Waals surface area contributed by atoms with Crippen molar-refractivity contribution in [1.82, 2.24) is 20.4 Å². The maximum absolute atomic E-state index is 11.2. The Morgan fingerprint density at radius 1 is 1.32 bits per heavy atom. The van der Waals surface area contributed by atoms with E-state index >= 15 is 0 Å². The first-order valence-corrected chi connectivity index (χ1v) is 9.98. The van der Waals surface area contributed by atoms with Gasteiger partial charge in [0.2, 0.25) is 0 Å². The number of H-pyrrole nitrogens is 1. The molecule has 2 aromatic rings. The van der Waals surface area contributed by atoms with E-state index in [1.165, 1.54) is 12.8 Å². The average molecular weight is 384 g/mol. The van der Waals surface area contributed by atoms with Gasteiger partial charge in [0.25, 0.3) is 0 Å². The van der Waals surface area contributed by atoms with Crippen LogP contribution in [0.2, 0.25) is 0 Å². The molecule has 2 aliphatic rings. The smallest absolute Gasteiger partial charge is 0.317 e. The molecule has 1 aromatic carbocycles. The van der Waals surface area contributed by atoms with Gasteiger partial charge < -0.3 is 15.2 Å². The first kappa shape index (κ1) is 19.0. The Kier molecular flexibility index (Phi) is 5.64. The largest absolute Gasteiger partial charge is 0.497 e. The van der Waals surface area contributed by atoms with Gasteiger partial charge in [-0.15, -0.1) is 0 Å². The lowest BCUT2D eigenvalue weighted by atomic mass is 9.85. The van der Waals surface area contributed by atoms with Crippen molar-refractivity contribution in [2.75, 3.05) is 20.2 Å². The lowest BCUT2D eigenvalue weighted by Crippen LogP contribution is -2.54. The van der Waals surface area contributed by atoms with Gasteiger partial charge in [0.15, 0.2) is 0 Å². The van der Waals surface area contributed by atoms with E-state index in [4.69, 9.17) is 4.74 Å². The number of methoxy groups -OCH3 is 1. The van der Waals surface area contributed by atoms with Gasteiger partial charge in [-0.3, -0.25) is 14.8 Å². The highest BCUT2D eigenvalue weighted by atomic mass is 16.5. The third-order valence-corrected chi connectivity index (χ3v) is 5.84. The van der Waals surface area contributed by atoms with Crippen molar-refractivity contribution in [3.05, 3.63) is 36.0 Å². The molecule has 3 N–H and O–H groups in total. The molecule has 2 fully saturated rings. The average Bonchev–Trinajstić information content (AvgIpc) is 3.34. The van der Waals surface area contributed by atoms with Crippen LogP contribution in [0.15, 0.2) is 30.5 Å². The topological polar surface area (TPSA) is 90.5 Å². The second kappa shape index (κ2) is 8.32. The molecule has 4 rings (SSSR count). The zero-order valence-electron chi connectivity index (χ0n) is 16.2. The highest BCUT2D eigenvalue weighted by Crippen LogP contribution is 2.34.